The third-order valence-corrected chi connectivity index (χ3v) is 7.34. The van der Waals surface area contributed by atoms with Crippen molar-refractivity contribution in [2.24, 2.45) is 32.9 Å². The number of unbranched alkanes of at least 4 members (excludes halogenated alkanes) is 2. The minimum absolute atomic E-state index is 0.0233. The number of rotatable bonds is 14. The Hall–Kier alpha value is -3.87. The van der Waals surface area contributed by atoms with Crippen LogP contribution in [0.1, 0.15) is 51.4 Å². The molecular weight excluding hydrogens is 496 g/mol. The Bertz CT molecular complexity index is 1160. The minimum atomic E-state index is -3.69. The maximum Gasteiger partial charge on any atom is 0.224 e. The molecule has 1 aromatic rings. The van der Waals surface area contributed by atoms with Crippen molar-refractivity contribution < 1.29 is 18.0 Å². The van der Waals surface area contributed by atoms with E-state index in [0.29, 0.717) is 69.4 Å². The van der Waals surface area contributed by atoms with E-state index in [-0.39, 0.29) is 40.0 Å². The van der Waals surface area contributed by atoms with Crippen LogP contribution in [0, 0.1) is 0 Å². The first-order valence-electron chi connectivity index (χ1n) is 12.0. The fourth-order valence-corrected chi connectivity index (χ4v) is 4.91. The topological polar surface area (TPSA) is 221 Å². The number of nitrogens with zero attached hydrogens (tertiary/aromatic N) is 2. The molecule has 0 aliphatic heterocycles. The summed E-state index contributed by atoms with van der Waals surface area (Å²) in [6.07, 6.45) is 7.08. The fraction of sp³-hybridized carbons (Fsp3) is 0.417. The van der Waals surface area contributed by atoms with Gasteiger partial charge in [0.25, 0.3) is 0 Å². The molecule has 0 aromatic heterocycles. The Morgan fingerprint density at radius 2 is 1.30 bits per heavy atom. The van der Waals surface area contributed by atoms with Gasteiger partial charge in [0, 0.05) is 42.2 Å². The van der Waals surface area contributed by atoms with E-state index in [2.05, 4.69) is 20.6 Å². The predicted octanol–water partition coefficient (Wildman–Crippen LogP) is 0.964. The Balaban J connectivity index is 1.85. The summed E-state index contributed by atoms with van der Waals surface area (Å²) in [4.78, 5) is 32.3. The summed E-state index contributed by atoms with van der Waals surface area (Å²) >= 11 is 0. The number of carbonyl (C=O) groups is 2. The lowest BCUT2D eigenvalue weighted by atomic mass is 10.1. The van der Waals surface area contributed by atoms with Crippen LogP contribution in [0.2, 0.25) is 0 Å². The van der Waals surface area contributed by atoms with Gasteiger partial charge >= 0.3 is 0 Å². The van der Waals surface area contributed by atoms with Gasteiger partial charge < -0.3 is 33.6 Å². The largest absolute Gasteiger partial charge is 0.370 e. The highest BCUT2D eigenvalue weighted by Crippen LogP contribution is 2.28. The molecule has 0 bridgehead atoms. The van der Waals surface area contributed by atoms with Crippen molar-refractivity contribution in [2.45, 2.75) is 56.3 Å². The molecule has 0 unspecified atom stereocenters. The molecule has 0 fully saturated rings. The number of aliphatic imine (C=N–C) groups is 2. The summed E-state index contributed by atoms with van der Waals surface area (Å²) in [7, 11) is -3.69. The van der Waals surface area contributed by atoms with Crippen molar-refractivity contribution in [1.29, 1.82) is 0 Å². The molecule has 0 heterocycles. The second-order valence-corrected chi connectivity index (χ2v) is 10.5. The third kappa shape index (κ3) is 10.7. The van der Waals surface area contributed by atoms with Crippen LogP contribution in [-0.2, 0) is 19.4 Å². The van der Waals surface area contributed by atoms with Gasteiger partial charge in [-0.3, -0.25) is 19.6 Å². The van der Waals surface area contributed by atoms with Gasteiger partial charge in [0.1, 0.15) is 0 Å². The first kappa shape index (κ1) is 29.4. The number of guanidine groups is 2. The molecule has 2 rings (SSSR count). The normalized spacial score (nSPS) is 13.1. The maximum absolute atomic E-state index is 13.0. The number of amides is 2. The highest BCUT2D eigenvalue weighted by molar-refractivity contribution is 7.95. The van der Waals surface area contributed by atoms with Gasteiger partial charge in [-0.25, -0.2) is 8.42 Å². The quantitative estimate of drug-likeness (QED) is 0.115. The Labute approximate surface area is 217 Å². The SMILES string of the molecule is NC(N)=NCCCCC(=O)NC1=CC=C(S(=O)(=O)c2ccc(NC(=O)CCCCN=C(N)N)cc2)CC1. The zero-order valence-corrected chi connectivity index (χ0v) is 21.6. The highest BCUT2D eigenvalue weighted by atomic mass is 32.2. The van der Waals surface area contributed by atoms with E-state index in [0.717, 1.165) is 0 Å². The predicted molar refractivity (Wildman–Crippen MR) is 145 cm³/mol. The van der Waals surface area contributed by atoms with Crippen LogP contribution >= 0.6 is 0 Å². The summed E-state index contributed by atoms with van der Waals surface area (Å²) in [6.45, 7) is 0.931. The summed E-state index contributed by atoms with van der Waals surface area (Å²) in [5, 5.41) is 5.57. The Morgan fingerprint density at radius 3 is 1.78 bits per heavy atom. The van der Waals surface area contributed by atoms with Crippen LogP contribution in [0.25, 0.3) is 0 Å². The van der Waals surface area contributed by atoms with Gasteiger partial charge in [-0.15, -0.1) is 0 Å². The molecule has 0 atom stereocenters. The zero-order valence-electron chi connectivity index (χ0n) is 20.8. The third-order valence-electron chi connectivity index (χ3n) is 5.42. The summed E-state index contributed by atoms with van der Waals surface area (Å²) in [6, 6.07) is 6.05. The standard InChI is InChI=1S/C24H36N8O4S/c25-23(26)29-15-3-1-5-21(33)31-17-7-11-19(12-8-17)37(35,36)20-13-9-18(10-14-20)32-22(34)6-2-4-16-30-24(27)28/h7-9,11-13H,1-6,10,14-16H2,(H,31,33)(H,32,34)(H4,25,26,29)(H4,27,28,30). The molecule has 0 radical (unpaired) electrons. The molecule has 202 valence electrons. The van der Waals surface area contributed by atoms with Crippen molar-refractivity contribution in [1.82, 2.24) is 5.32 Å². The molecule has 1 aromatic carbocycles. The first-order chi connectivity index (χ1) is 17.6. The molecule has 13 heteroatoms. The van der Waals surface area contributed by atoms with Crippen molar-refractivity contribution in [3.05, 3.63) is 47.0 Å². The van der Waals surface area contributed by atoms with Crippen LogP contribution in [0.5, 0.6) is 0 Å². The van der Waals surface area contributed by atoms with Crippen molar-refractivity contribution in [3.63, 3.8) is 0 Å². The van der Waals surface area contributed by atoms with E-state index in [1.165, 1.54) is 18.2 Å². The maximum atomic E-state index is 13.0. The lowest BCUT2D eigenvalue weighted by molar-refractivity contribution is -0.120. The minimum Gasteiger partial charge on any atom is -0.370 e. The van der Waals surface area contributed by atoms with E-state index in [1.54, 1.807) is 18.2 Å². The van der Waals surface area contributed by atoms with E-state index < -0.39 is 9.84 Å². The van der Waals surface area contributed by atoms with Crippen LogP contribution in [0.15, 0.2) is 61.9 Å². The first-order valence-corrected chi connectivity index (χ1v) is 13.5. The molecule has 0 saturated carbocycles. The van der Waals surface area contributed by atoms with Crippen LogP contribution in [0.3, 0.4) is 0 Å². The van der Waals surface area contributed by atoms with Gasteiger partial charge in [-0.05, 0) is 74.9 Å². The highest BCUT2D eigenvalue weighted by Gasteiger charge is 2.23. The molecule has 10 N–H and O–H groups in total. The second-order valence-electron chi connectivity index (χ2n) is 8.48. The number of hydrogen-bond donors (Lipinski definition) is 6. The van der Waals surface area contributed by atoms with Crippen LogP contribution in [-0.4, -0.2) is 45.2 Å². The average molecular weight is 533 g/mol. The molecule has 0 saturated heterocycles. The number of allylic oxidation sites excluding steroid dienone is 4. The number of sulfone groups is 1. The van der Waals surface area contributed by atoms with Crippen LogP contribution in [0.4, 0.5) is 5.69 Å². The van der Waals surface area contributed by atoms with E-state index in [9.17, 15) is 18.0 Å². The number of carbonyl (C=O) groups excluding carboxylic acids is 2. The summed E-state index contributed by atoms with van der Waals surface area (Å²) < 4.78 is 26.0. The molecule has 0 spiro atoms. The number of anilines is 1. The van der Waals surface area contributed by atoms with Crippen molar-refractivity contribution in [2.75, 3.05) is 18.4 Å². The lowest BCUT2D eigenvalue weighted by Crippen LogP contribution is -2.24. The zero-order chi connectivity index (χ0) is 27.3. The molecular formula is C24H36N8O4S. The van der Waals surface area contributed by atoms with Crippen molar-refractivity contribution in [3.8, 4) is 0 Å². The monoisotopic (exact) mass is 532 g/mol. The molecule has 37 heavy (non-hydrogen) atoms. The van der Waals surface area contributed by atoms with Gasteiger partial charge in [0.2, 0.25) is 21.7 Å². The fourth-order valence-electron chi connectivity index (χ4n) is 3.49. The smallest absolute Gasteiger partial charge is 0.224 e. The Morgan fingerprint density at radius 1 is 0.757 bits per heavy atom. The lowest BCUT2D eigenvalue weighted by Gasteiger charge is -2.16. The molecule has 1 aliphatic carbocycles. The number of nitrogens with two attached hydrogens (primary N) is 4. The van der Waals surface area contributed by atoms with Gasteiger partial charge in [-0.1, -0.05) is 0 Å². The van der Waals surface area contributed by atoms with Gasteiger partial charge in [0.05, 0.1) is 4.90 Å². The summed E-state index contributed by atoms with van der Waals surface area (Å²) in [5.41, 5.74) is 22.2. The molecule has 12 nitrogen and oxygen atoms in total. The van der Waals surface area contributed by atoms with E-state index >= 15 is 0 Å². The van der Waals surface area contributed by atoms with Gasteiger partial charge in [-0.2, -0.15) is 0 Å². The molecule has 2 amide bonds. The number of nitrogens with one attached hydrogen (secondary N) is 2. The van der Waals surface area contributed by atoms with E-state index in [1.807, 2.05) is 0 Å². The molecule has 1 aliphatic rings. The summed E-state index contributed by atoms with van der Waals surface area (Å²) in [5.74, 6) is -0.262. The Kier molecular flexibility index (Phi) is 11.6. The second kappa shape index (κ2) is 14.6. The van der Waals surface area contributed by atoms with Crippen molar-refractivity contribution >= 4 is 39.3 Å². The average Bonchev–Trinajstić information content (AvgIpc) is 2.84. The van der Waals surface area contributed by atoms with Crippen LogP contribution < -0.4 is 33.6 Å². The number of benzene rings is 1. The van der Waals surface area contributed by atoms with Gasteiger partial charge in [0.15, 0.2) is 11.9 Å². The van der Waals surface area contributed by atoms with E-state index in [4.69, 9.17) is 22.9 Å². The number of hydrogen-bond acceptors (Lipinski definition) is 6.